The number of hydrogen-bond acceptors (Lipinski definition) is 14. The number of nitrogens with zero attached hydrogens (tertiary/aromatic N) is 8. The van der Waals surface area contributed by atoms with Crippen LogP contribution in [0.2, 0.25) is 0 Å². The zero-order valence-corrected chi connectivity index (χ0v) is 33.9. The molecule has 0 aromatic carbocycles. The van der Waals surface area contributed by atoms with E-state index in [1.807, 2.05) is 38.1 Å². The third-order valence-corrected chi connectivity index (χ3v) is 11.4. The number of aromatic nitrogens is 4. The highest BCUT2D eigenvalue weighted by atomic mass is 16.5. The van der Waals surface area contributed by atoms with Crippen molar-refractivity contribution >= 4 is 23.5 Å². The van der Waals surface area contributed by atoms with Gasteiger partial charge in [-0.3, -0.25) is 9.59 Å². The lowest BCUT2D eigenvalue weighted by Gasteiger charge is -2.34. The first kappa shape index (κ1) is 40.5. The van der Waals surface area contributed by atoms with Crippen molar-refractivity contribution < 1.29 is 38.7 Å². The maximum atomic E-state index is 12.4. The van der Waals surface area contributed by atoms with E-state index in [0.717, 1.165) is 86.1 Å². The maximum Gasteiger partial charge on any atom is 0.256 e. The van der Waals surface area contributed by atoms with E-state index in [2.05, 4.69) is 19.8 Å². The van der Waals surface area contributed by atoms with Gasteiger partial charge in [0.25, 0.3) is 11.8 Å². The molecule has 0 spiro atoms. The number of carbonyl (C=O) groups is 2. The molecule has 2 fully saturated rings. The van der Waals surface area contributed by atoms with Crippen LogP contribution in [-0.2, 0) is 0 Å². The van der Waals surface area contributed by atoms with Crippen molar-refractivity contribution in [2.45, 2.75) is 63.8 Å². The third kappa shape index (κ3) is 8.16. The summed E-state index contributed by atoms with van der Waals surface area (Å²) in [5, 5.41) is 19.4. The van der Waals surface area contributed by atoms with E-state index in [-0.39, 0.29) is 49.3 Å². The molecule has 0 unspecified atom stereocenters. The van der Waals surface area contributed by atoms with Crippen LogP contribution in [0, 0.1) is 13.8 Å². The number of aliphatic hydroxyl groups is 2. The van der Waals surface area contributed by atoms with Gasteiger partial charge in [0, 0.05) is 78.1 Å². The number of fused-ring (bicyclic) bond motifs is 2. The second-order valence-electron chi connectivity index (χ2n) is 15.0. The number of ether oxygens (including phenoxy) is 4. The molecule has 58 heavy (non-hydrogen) atoms. The molecule has 4 aliphatic heterocycles. The van der Waals surface area contributed by atoms with Crippen molar-refractivity contribution in [2.75, 3.05) is 77.5 Å². The van der Waals surface area contributed by atoms with Crippen molar-refractivity contribution in [3.8, 4) is 23.3 Å². The number of amides is 2. The Morgan fingerprint density at radius 3 is 1.33 bits per heavy atom. The molecular formula is C42H52N8O8. The van der Waals surface area contributed by atoms with Crippen LogP contribution in [-0.4, -0.2) is 132 Å². The smallest absolute Gasteiger partial charge is 0.256 e. The van der Waals surface area contributed by atoms with E-state index in [0.29, 0.717) is 34.3 Å². The zero-order chi connectivity index (χ0) is 41.1. The van der Waals surface area contributed by atoms with Crippen molar-refractivity contribution in [3.05, 3.63) is 82.4 Å². The number of piperidine rings is 2. The minimum Gasteiger partial charge on any atom is -0.489 e. The van der Waals surface area contributed by atoms with E-state index in [4.69, 9.17) is 28.9 Å². The second kappa shape index (κ2) is 17.4. The average molecular weight is 797 g/mol. The first-order valence-electron chi connectivity index (χ1n) is 19.7. The summed E-state index contributed by atoms with van der Waals surface area (Å²) in [7, 11) is 6.59. The van der Waals surface area contributed by atoms with E-state index in [1.54, 1.807) is 62.6 Å². The Morgan fingerprint density at radius 2 is 1.02 bits per heavy atom. The first-order chi connectivity index (χ1) is 28.0. The van der Waals surface area contributed by atoms with Crippen molar-refractivity contribution in [3.63, 3.8) is 0 Å². The fraction of sp³-hybridized carbons (Fsp3) is 0.476. The lowest BCUT2D eigenvalue weighted by atomic mass is 10.1. The highest BCUT2D eigenvalue weighted by Gasteiger charge is 2.38. The lowest BCUT2D eigenvalue weighted by molar-refractivity contribution is 0.0709. The number of carbonyl (C=O) groups excluding carboxylic acids is 2. The normalized spacial score (nSPS) is 19.4. The van der Waals surface area contributed by atoms with Crippen LogP contribution in [0.5, 0.6) is 23.3 Å². The molecule has 8 heterocycles. The van der Waals surface area contributed by atoms with Gasteiger partial charge < -0.3 is 48.8 Å². The summed E-state index contributed by atoms with van der Waals surface area (Å²) in [6.45, 7) is 6.96. The fourth-order valence-electron chi connectivity index (χ4n) is 8.04. The van der Waals surface area contributed by atoms with Crippen LogP contribution in [0.25, 0.3) is 0 Å². The van der Waals surface area contributed by atoms with Crippen LogP contribution in [0.1, 0.15) is 81.0 Å². The highest BCUT2D eigenvalue weighted by molar-refractivity contribution is 5.99. The van der Waals surface area contributed by atoms with Crippen molar-refractivity contribution in [2.24, 2.45) is 0 Å². The Labute approximate surface area is 338 Å². The first-order valence-corrected chi connectivity index (χ1v) is 19.7. The van der Waals surface area contributed by atoms with Crippen LogP contribution in [0.4, 0.5) is 11.6 Å². The van der Waals surface area contributed by atoms with Crippen LogP contribution in [0.15, 0.2) is 48.8 Å². The quantitative estimate of drug-likeness (QED) is 0.236. The summed E-state index contributed by atoms with van der Waals surface area (Å²) >= 11 is 0. The topological polar surface area (TPSA) is 176 Å². The highest BCUT2D eigenvalue weighted by Crippen LogP contribution is 2.36. The minimum atomic E-state index is -0.375. The van der Waals surface area contributed by atoms with Gasteiger partial charge in [-0.25, -0.2) is 19.9 Å². The summed E-state index contributed by atoms with van der Waals surface area (Å²) in [5.74, 6) is 4.21. The minimum absolute atomic E-state index is 0.0820. The standard InChI is InChI=1S/2C21H26N4O4/c2*1-13-10-16-19(17(12-26)24(2)21(16)27)23-20(13)25-8-6-14(7-9-25)29-15-4-5-18(28-3)22-11-15/h2*4-5,10-11,14,17,26H,6-9,12H2,1-3H3/t2*17-/m10/s1. The Bertz CT molecular complexity index is 1940. The van der Waals surface area contributed by atoms with E-state index < -0.39 is 0 Å². The Balaban J connectivity index is 0.000000177. The van der Waals surface area contributed by atoms with Gasteiger partial charge in [0.15, 0.2) is 0 Å². The molecule has 16 heteroatoms. The predicted molar refractivity (Wildman–Crippen MR) is 215 cm³/mol. The summed E-state index contributed by atoms with van der Waals surface area (Å²) in [4.78, 5) is 50.3. The molecule has 0 aliphatic carbocycles. The number of methoxy groups -OCH3 is 2. The lowest BCUT2D eigenvalue weighted by Crippen LogP contribution is -2.39. The molecule has 0 radical (unpaired) electrons. The second-order valence-corrected chi connectivity index (χ2v) is 15.0. The molecule has 0 bridgehead atoms. The molecule has 4 aromatic heterocycles. The van der Waals surface area contributed by atoms with Gasteiger partial charge in [0.2, 0.25) is 11.8 Å². The van der Waals surface area contributed by atoms with Gasteiger partial charge in [-0.05, 0) is 49.2 Å². The molecule has 0 saturated carbocycles. The molecular weight excluding hydrogens is 745 g/mol. The number of aryl methyl sites for hydroxylation is 2. The molecule has 2 N–H and O–H groups in total. The number of rotatable bonds is 10. The fourth-order valence-corrected chi connectivity index (χ4v) is 8.04. The Kier molecular flexibility index (Phi) is 12.1. The molecule has 8 rings (SSSR count). The Hall–Kier alpha value is -5.74. The van der Waals surface area contributed by atoms with Gasteiger partial charge in [-0.2, -0.15) is 0 Å². The number of pyridine rings is 4. The van der Waals surface area contributed by atoms with Gasteiger partial charge in [0.05, 0.1) is 74.4 Å². The van der Waals surface area contributed by atoms with E-state index >= 15 is 0 Å². The van der Waals surface area contributed by atoms with Gasteiger partial charge >= 0.3 is 0 Å². The molecule has 4 aliphatic rings. The van der Waals surface area contributed by atoms with Crippen molar-refractivity contribution in [1.82, 2.24) is 29.7 Å². The molecule has 4 aromatic rings. The SMILES string of the molecule is COc1ccc(OC2CCN(c3nc4c(cc3C)C(=O)N(C)[C@@H]4CO)CC2)cn1.COc1ccc(OC2CCN(c3nc4c(cc3C)C(=O)N(C)[C@H]4CO)CC2)cn1. The zero-order valence-electron chi connectivity index (χ0n) is 33.9. The van der Waals surface area contributed by atoms with Gasteiger partial charge in [-0.15, -0.1) is 0 Å². The monoisotopic (exact) mass is 796 g/mol. The molecule has 308 valence electrons. The summed E-state index contributed by atoms with van der Waals surface area (Å²) in [6.07, 6.45) is 7.07. The van der Waals surface area contributed by atoms with Crippen molar-refractivity contribution in [1.29, 1.82) is 0 Å². The Morgan fingerprint density at radius 1 is 0.638 bits per heavy atom. The van der Waals surface area contributed by atoms with Crippen LogP contribution in [0.3, 0.4) is 0 Å². The molecule has 16 nitrogen and oxygen atoms in total. The largest absolute Gasteiger partial charge is 0.489 e. The molecule has 2 atom stereocenters. The van der Waals surface area contributed by atoms with Crippen LogP contribution >= 0.6 is 0 Å². The predicted octanol–water partition coefficient (Wildman–Crippen LogP) is 3.92. The number of aliphatic hydroxyl groups excluding tert-OH is 2. The summed E-state index contributed by atoms with van der Waals surface area (Å²) < 4.78 is 22.3. The van der Waals surface area contributed by atoms with E-state index in [9.17, 15) is 19.8 Å². The van der Waals surface area contributed by atoms with Gasteiger partial charge in [0.1, 0.15) is 35.3 Å². The number of likely N-dealkylation sites (N-methyl/N-ethyl adjacent to an activating group) is 2. The number of hydrogen-bond donors (Lipinski definition) is 2. The maximum absolute atomic E-state index is 12.4. The van der Waals surface area contributed by atoms with Gasteiger partial charge in [-0.1, -0.05) is 0 Å². The average Bonchev–Trinajstić information content (AvgIpc) is 3.63. The van der Waals surface area contributed by atoms with Crippen LogP contribution < -0.4 is 28.7 Å². The third-order valence-electron chi connectivity index (χ3n) is 11.4. The number of anilines is 2. The molecule has 2 amide bonds. The summed E-state index contributed by atoms with van der Waals surface area (Å²) in [5.41, 5.74) is 4.48. The summed E-state index contributed by atoms with van der Waals surface area (Å²) in [6, 6.07) is 10.4. The molecule has 2 saturated heterocycles. The van der Waals surface area contributed by atoms with E-state index in [1.165, 1.54) is 0 Å².